The number of rotatable bonds is 5. The molecule has 0 heterocycles. The number of nitrogens with two attached hydrogens (primary N) is 1. The zero-order valence-electron chi connectivity index (χ0n) is 10.7. The summed E-state index contributed by atoms with van der Waals surface area (Å²) >= 11 is 0. The van der Waals surface area contributed by atoms with Crippen LogP contribution in [0.4, 0.5) is 4.39 Å². The van der Waals surface area contributed by atoms with Crippen molar-refractivity contribution in [2.45, 2.75) is 6.04 Å². The quantitative estimate of drug-likeness (QED) is 0.900. The van der Waals surface area contributed by atoms with Gasteiger partial charge in [0, 0.05) is 6.07 Å². The molecule has 19 heavy (non-hydrogen) atoms. The van der Waals surface area contributed by atoms with Crippen LogP contribution in [0.25, 0.3) is 0 Å². The first-order chi connectivity index (χ1) is 9.19. The molecule has 2 aromatic rings. The molecule has 0 spiro atoms. The minimum Gasteiger partial charge on any atom is -0.497 e. The van der Waals surface area contributed by atoms with Gasteiger partial charge in [-0.25, -0.2) is 4.39 Å². The molecule has 0 aliphatic rings. The first-order valence-corrected chi connectivity index (χ1v) is 5.97. The number of hydrogen-bond donors (Lipinski definition) is 1. The molecule has 0 fully saturated rings. The Morgan fingerprint density at radius 3 is 2.58 bits per heavy atom. The van der Waals surface area contributed by atoms with Crippen molar-refractivity contribution >= 4 is 0 Å². The third-order valence-electron chi connectivity index (χ3n) is 2.75. The minimum atomic E-state index is -0.373. The van der Waals surface area contributed by atoms with Crippen molar-refractivity contribution in [3.8, 4) is 11.5 Å². The lowest BCUT2D eigenvalue weighted by molar-refractivity contribution is 0.288. The average Bonchev–Trinajstić information content (AvgIpc) is 2.45. The van der Waals surface area contributed by atoms with E-state index in [-0.39, 0.29) is 18.5 Å². The lowest BCUT2D eigenvalue weighted by Crippen LogP contribution is -2.19. The summed E-state index contributed by atoms with van der Waals surface area (Å²) in [5.74, 6) is 1.09. The van der Waals surface area contributed by atoms with Crippen molar-refractivity contribution in [3.63, 3.8) is 0 Å². The highest BCUT2D eigenvalue weighted by Gasteiger charge is 2.08. The summed E-state index contributed by atoms with van der Waals surface area (Å²) < 4.78 is 23.8. The van der Waals surface area contributed by atoms with Gasteiger partial charge in [0.05, 0.1) is 13.2 Å². The van der Waals surface area contributed by atoms with Crippen molar-refractivity contribution in [3.05, 3.63) is 59.9 Å². The predicted molar refractivity (Wildman–Crippen MR) is 71.8 cm³/mol. The van der Waals surface area contributed by atoms with E-state index in [2.05, 4.69) is 0 Å². The van der Waals surface area contributed by atoms with Crippen molar-refractivity contribution in [2.75, 3.05) is 13.7 Å². The fourth-order valence-electron chi connectivity index (χ4n) is 1.71. The molecule has 0 saturated carbocycles. The molecule has 0 aliphatic carbocycles. The second-order valence-corrected chi connectivity index (χ2v) is 4.15. The molecule has 0 aliphatic heterocycles. The Labute approximate surface area is 111 Å². The molecule has 0 radical (unpaired) electrons. The summed E-state index contributed by atoms with van der Waals surface area (Å²) in [7, 11) is 1.59. The Morgan fingerprint density at radius 1 is 1.11 bits per heavy atom. The van der Waals surface area contributed by atoms with Crippen LogP contribution < -0.4 is 15.2 Å². The Hall–Kier alpha value is -2.07. The fraction of sp³-hybridized carbons (Fsp3) is 0.200. The largest absolute Gasteiger partial charge is 0.497 e. The molecule has 0 saturated heterocycles. The van der Waals surface area contributed by atoms with Crippen LogP contribution in [0.5, 0.6) is 11.5 Å². The van der Waals surface area contributed by atoms with Crippen LogP contribution in [-0.2, 0) is 0 Å². The molecule has 1 atom stereocenters. The van der Waals surface area contributed by atoms with Crippen LogP contribution in [0.2, 0.25) is 0 Å². The molecular formula is C15H16FNO2. The standard InChI is InChI=1S/C15H16FNO2/c1-18-13-6-3-7-14(9-13)19-10-15(17)11-4-2-5-12(16)8-11/h2-9,15H,10,17H2,1H3. The van der Waals surface area contributed by atoms with Crippen LogP contribution in [0, 0.1) is 5.82 Å². The smallest absolute Gasteiger partial charge is 0.123 e. The van der Waals surface area contributed by atoms with E-state index < -0.39 is 0 Å². The third kappa shape index (κ3) is 3.69. The lowest BCUT2D eigenvalue weighted by Gasteiger charge is -2.14. The summed E-state index contributed by atoms with van der Waals surface area (Å²) in [4.78, 5) is 0. The monoisotopic (exact) mass is 261 g/mol. The number of benzene rings is 2. The maximum absolute atomic E-state index is 13.1. The first kappa shape index (κ1) is 13.4. The Morgan fingerprint density at radius 2 is 1.84 bits per heavy atom. The van der Waals surface area contributed by atoms with Gasteiger partial charge in [-0.15, -0.1) is 0 Å². The normalized spacial score (nSPS) is 11.9. The fourth-order valence-corrected chi connectivity index (χ4v) is 1.71. The molecule has 4 heteroatoms. The SMILES string of the molecule is COc1cccc(OCC(N)c2cccc(F)c2)c1. The van der Waals surface area contributed by atoms with Gasteiger partial charge in [0.25, 0.3) is 0 Å². The second-order valence-electron chi connectivity index (χ2n) is 4.15. The molecule has 100 valence electrons. The average molecular weight is 261 g/mol. The zero-order valence-corrected chi connectivity index (χ0v) is 10.7. The third-order valence-corrected chi connectivity index (χ3v) is 2.75. The number of methoxy groups -OCH3 is 1. The van der Waals surface area contributed by atoms with E-state index >= 15 is 0 Å². The molecule has 0 amide bonds. The highest BCUT2D eigenvalue weighted by molar-refractivity contribution is 5.33. The van der Waals surface area contributed by atoms with E-state index in [4.69, 9.17) is 15.2 Å². The van der Waals surface area contributed by atoms with Crippen LogP contribution >= 0.6 is 0 Å². The second kappa shape index (κ2) is 6.20. The van der Waals surface area contributed by atoms with Crippen molar-refractivity contribution in [1.29, 1.82) is 0 Å². The van der Waals surface area contributed by atoms with Gasteiger partial charge >= 0.3 is 0 Å². The van der Waals surface area contributed by atoms with Crippen molar-refractivity contribution in [2.24, 2.45) is 5.73 Å². The lowest BCUT2D eigenvalue weighted by atomic mass is 10.1. The highest BCUT2D eigenvalue weighted by Crippen LogP contribution is 2.20. The van der Waals surface area contributed by atoms with Gasteiger partial charge in [-0.1, -0.05) is 18.2 Å². The van der Waals surface area contributed by atoms with Gasteiger partial charge in [0.15, 0.2) is 0 Å². The van der Waals surface area contributed by atoms with Crippen LogP contribution in [0.1, 0.15) is 11.6 Å². The molecule has 2 rings (SSSR count). The van der Waals surface area contributed by atoms with Gasteiger partial charge in [-0.2, -0.15) is 0 Å². The molecular weight excluding hydrogens is 245 g/mol. The topological polar surface area (TPSA) is 44.5 Å². The van der Waals surface area contributed by atoms with Gasteiger partial charge < -0.3 is 15.2 Å². The molecule has 2 aromatic carbocycles. The highest BCUT2D eigenvalue weighted by atomic mass is 19.1. The molecule has 3 nitrogen and oxygen atoms in total. The Kier molecular flexibility index (Phi) is 4.36. The number of hydrogen-bond acceptors (Lipinski definition) is 3. The first-order valence-electron chi connectivity index (χ1n) is 5.97. The van der Waals surface area contributed by atoms with E-state index in [1.165, 1.54) is 12.1 Å². The van der Waals surface area contributed by atoms with Crippen molar-refractivity contribution < 1.29 is 13.9 Å². The maximum Gasteiger partial charge on any atom is 0.123 e. The molecule has 0 aromatic heterocycles. The van der Waals surface area contributed by atoms with E-state index in [0.29, 0.717) is 11.3 Å². The van der Waals surface area contributed by atoms with Crippen LogP contribution in [0.15, 0.2) is 48.5 Å². The van der Waals surface area contributed by atoms with Crippen LogP contribution in [0.3, 0.4) is 0 Å². The summed E-state index contributed by atoms with van der Waals surface area (Å²) in [6.07, 6.45) is 0. The van der Waals surface area contributed by atoms with E-state index in [9.17, 15) is 4.39 Å². The Bertz CT molecular complexity index is 545. The maximum atomic E-state index is 13.1. The summed E-state index contributed by atoms with van der Waals surface area (Å²) in [5, 5.41) is 0. The number of ether oxygens (including phenoxy) is 2. The number of halogens is 1. The van der Waals surface area contributed by atoms with Gasteiger partial charge in [0.2, 0.25) is 0 Å². The van der Waals surface area contributed by atoms with Gasteiger partial charge in [0.1, 0.15) is 23.9 Å². The van der Waals surface area contributed by atoms with E-state index in [1.807, 2.05) is 18.2 Å². The Balaban J connectivity index is 1.98. The predicted octanol–water partition coefficient (Wildman–Crippen LogP) is 2.91. The summed E-state index contributed by atoms with van der Waals surface area (Å²) in [5.41, 5.74) is 6.67. The molecule has 2 N–H and O–H groups in total. The van der Waals surface area contributed by atoms with Gasteiger partial charge in [-0.05, 0) is 29.8 Å². The van der Waals surface area contributed by atoms with Crippen LogP contribution in [-0.4, -0.2) is 13.7 Å². The molecule has 1 unspecified atom stereocenters. The summed E-state index contributed by atoms with van der Waals surface area (Å²) in [6.45, 7) is 0.274. The van der Waals surface area contributed by atoms with Crippen molar-refractivity contribution in [1.82, 2.24) is 0 Å². The molecule has 0 bridgehead atoms. The van der Waals surface area contributed by atoms with E-state index in [0.717, 1.165) is 5.75 Å². The van der Waals surface area contributed by atoms with Gasteiger partial charge in [-0.3, -0.25) is 0 Å². The van der Waals surface area contributed by atoms with E-state index in [1.54, 1.807) is 25.3 Å². The minimum absolute atomic E-state index is 0.274. The zero-order chi connectivity index (χ0) is 13.7. The summed E-state index contributed by atoms with van der Waals surface area (Å²) in [6, 6.07) is 13.1.